The van der Waals surface area contributed by atoms with Crippen LogP contribution in [0, 0.1) is 0 Å². The number of nitrogens with zero attached hydrogens (tertiary/aromatic N) is 1. The average Bonchev–Trinajstić information content (AvgIpc) is 2.41. The number of primary amides is 1. The molecule has 0 bridgehead atoms. The van der Waals surface area contributed by atoms with Crippen LogP contribution in [0.4, 0.5) is 4.79 Å². The fourth-order valence-corrected chi connectivity index (χ4v) is 2.60. The number of hydrogen-bond acceptors (Lipinski definition) is 4. The van der Waals surface area contributed by atoms with Crippen molar-refractivity contribution in [2.75, 3.05) is 32.7 Å². The zero-order valence-corrected chi connectivity index (χ0v) is 16.4. The Bertz CT molecular complexity index is 244. The van der Waals surface area contributed by atoms with Crippen molar-refractivity contribution in [3.05, 3.63) is 0 Å². The molecule has 3 N–H and O–H groups in total. The topological polar surface area (TPSA) is 67.6 Å². The molecule has 7 heteroatoms. The van der Waals surface area contributed by atoms with E-state index < -0.39 is 6.09 Å². The maximum Gasteiger partial charge on any atom is 0.404 e. The van der Waals surface area contributed by atoms with E-state index >= 15 is 0 Å². The first-order chi connectivity index (χ1) is 9.22. The van der Waals surface area contributed by atoms with Crippen molar-refractivity contribution in [3.8, 4) is 0 Å². The first-order valence-corrected chi connectivity index (χ1v) is 7.61. The molecule has 1 amide bonds. The fourth-order valence-electron chi connectivity index (χ4n) is 2.60. The lowest BCUT2D eigenvalue weighted by molar-refractivity contribution is 0.0829. The SMILES string of the molecule is Br.Br.CCCN1CCNCC1.NC(=O)OC1CCCCC1. The van der Waals surface area contributed by atoms with E-state index in [0.29, 0.717) is 0 Å². The molecule has 0 radical (unpaired) electrons. The van der Waals surface area contributed by atoms with Crippen LogP contribution in [0.1, 0.15) is 45.4 Å². The molecule has 1 heterocycles. The number of halogens is 2. The number of amides is 1. The van der Waals surface area contributed by atoms with Gasteiger partial charge in [-0.05, 0) is 38.6 Å². The second-order valence-electron chi connectivity index (χ2n) is 5.29. The van der Waals surface area contributed by atoms with Gasteiger partial charge in [0.1, 0.15) is 6.10 Å². The van der Waals surface area contributed by atoms with Gasteiger partial charge in [-0.25, -0.2) is 4.79 Å². The lowest BCUT2D eigenvalue weighted by Gasteiger charge is -2.26. The number of ether oxygens (including phenoxy) is 1. The number of piperazine rings is 1. The van der Waals surface area contributed by atoms with Gasteiger partial charge in [0.05, 0.1) is 0 Å². The van der Waals surface area contributed by atoms with Crippen LogP contribution in [0.5, 0.6) is 0 Å². The van der Waals surface area contributed by atoms with Crippen molar-refractivity contribution >= 4 is 40.1 Å². The van der Waals surface area contributed by atoms with E-state index in [9.17, 15) is 4.79 Å². The minimum Gasteiger partial charge on any atom is -0.446 e. The number of nitrogens with two attached hydrogens (primary N) is 1. The molecule has 1 saturated carbocycles. The van der Waals surface area contributed by atoms with Crippen molar-refractivity contribution in [2.24, 2.45) is 5.73 Å². The van der Waals surface area contributed by atoms with Crippen LogP contribution in [0.3, 0.4) is 0 Å². The average molecular weight is 433 g/mol. The van der Waals surface area contributed by atoms with Crippen molar-refractivity contribution < 1.29 is 9.53 Å². The van der Waals surface area contributed by atoms with Crippen molar-refractivity contribution in [3.63, 3.8) is 0 Å². The molecule has 2 rings (SSSR count). The smallest absolute Gasteiger partial charge is 0.404 e. The third-order valence-corrected chi connectivity index (χ3v) is 3.58. The van der Waals surface area contributed by atoms with E-state index in [-0.39, 0.29) is 40.1 Å². The molecule has 128 valence electrons. The summed E-state index contributed by atoms with van der Waals surface area (Å²) < 4.78 is 4.83. The number of rotatable bonds is 3. The van der Waals surface area contributed by atoms with Crippen LogP contribution in [0.2, 0.25) is 0 Å². The van der Waals surface area contributed by atoms with Gasteiger partial charge in [0.25, 0.3) is 0 Å². The van der Waals surface area contributed by atoms with Crippen molar-refractivity contribution in [1.29, 1.82) is 0 Å². The molecule has 0 aromatic carbocycles. The van der Waals surface area contributed by atoms with Gasteiger partial charge in [-0.1, -0.05) is 13.3 Å². The summed E-state index contributed by atoms with van der Waals surface area (Å²) in [6.07, 6.45) is 6.33. The zero-order chi connectivity index (χ0) is 13.9. The Hall–Kier alpha value is 0.150. The minimum atomic E-state index is -0.632. The molecule has 5 nitrogen and oxygen atoms in total. The van der Waals surface area contributed by atoms with Crippen LogP contribution < -0.4 is 11.1 Å². The summed E-state index contributed by atoms with van der Waals surface area (Å²) in [5.41, 5.74) is 4.86. The van der Waals surface area contributed by atoms with Gasteiger partial charge in [0.2, 0.25) is 0 Å². The molecule has 0 atom stereocenters. The van der Waals surface area contributed by atoms with Crippen LogP contribution >= 0.6 is 34.0 Å². The van der Waals surface area contributed by atoms with Crippen LogP contribution in [0.15, 0.2) is 0 Å². The highest BCUT2D eigenvalue weighted by molar-refractivity contribution is 8.93. The van der Waals surface area contributed by atoms with E-state index in [0.717, 1.165) is 25.7 Å². The van der Waals surface area contributed by atoms with E-state index in [1.807, 2.05) is 0 Å². The van der Waals surface area contributed by atoms with Crippen molar-refractivity contribution in [2.45, 2.75) is 51.6 Å². The van der Waals surface area contributed by atoms with Gasteiger partial charge in [0, 0.05) is 26.2 Å². The van der Waals surface area contributed by atoms with Gasteiger partial charge in [-0.3, -0.25) is 0 Å². The first-order valence-electron chi connectivity index (χ1n) is 7.61. The number of carbonyl (C=O) groups is 1. The molecule has 2 aliphatic rings. The van der Waals surface area contributed by atoms with Crippen LogP contribution in [-0.4, -0.2) is 49.8 Å². The van der Waals surface area contributed by atoms with Gasteiger partial charge < -0.3 is 20.7 Å². The summed E-state index contributed by atoms with van der Waals surface area (Å²) in [4.78, 5) is 12.8. The highest BCUT2D eigenvalue weighted by atomic mass is 79.9. The number of hydrogen-bond donors (Lipinski definition) is 2. The molecule has 0 aromatic heterocycles. The summed E-state index contributed by atoms with van der Waals surface area (Å²) >= 11 is 0. The minimum absolute atomic E-state index is 0. The Morgan fingerprint density at radius 3 is 2.24 bits per heavy atom. The summed E-state index contributed by atoms with van der Waals surface area (Å²) in [5.74, 6) is 0. The number of nitrogens with one attached hydrogen (secondary N) is 1. The zero-order valence-electron chi connectivity index (χ0n) is 13.0. The molecule has 1 saturated heterocycles. The quantitative estimate of drug-likeness (QED) is 0.719. The van der Waals surface area contributed by atoms with Gasteiger partial charge in [-0.2, -0.15) is 0 Å². The Labute approximate surface area is 149 Å². The summed E-state index contributed by atoms with van der Waals surface area (Å²) in [5, 5.41) is 3.33. The largest absolute Gasteiger partial charge is 0.446 e. The molecule has 0 aromatic rings. The summed E-state index contributed by atoms with van der Waals surface area (Å²) in [6, 6.07) is 0. The molecule has 0 spiro atoms. The van der Waals surface area contributed by atoms with E-state index in [2.05, 4.69) is 17.1 Å². The Kier molecular flexibility index (Phi) is 16.8. The second kappa shape index (κ2) is 15.1. The predicted octanol–water partition coefficient (Wildman–Crippen LogP) is 2.87. The maximum absolute atomic E-state index is 10.3. The molecule has 21 heavy (non-hydrogen) atoms. The second-order valence-corrected chi connectivity index (χ2v) is 5.29. The summed E-state index contributed by atoms with van der Waals surface area (Å²) in [6.45, 7) is 8.37. The highest BCUT2D eigenvalue weighted by Crippen LogP contribution is 2.19. The highest BCUT2D eigenvalue weighted by Gasteiger charge is 2.15. The van der Waals surface area contributed by atoms with Gasteiger partial charge in [0.15, 0.2) is 0 Å². The summed E-state index contributed by atoms with van der Waals surface area (Å²) in [7, 11) is 0. The lowest BCUT2D eigenvalue weighted by Crippen LogP contribution is -2.43. The molecule has 1 aliphatic carbocycles. The van der Waals surface area contributed by atoms with Crippen LogP contribution in [-0.2, 0) is 4.74 Å². The van der Waals surface area contributed by atoms with Crippen molar-refractivity contribution in [1.82, 2.24) is 10.2 Å². The van der Waals surface area contributed by atoms with E-state index in [1.165, 1.54) is 45.6 Å². The molecular weight excluding hydrogens is 402 g/mol. The first kappa shape index (κ1) is 23.4. The normalized spacial score (nSPS) is 19.3. The lowest BCUT2D eigenvalue weighted by atomic mass is 9.98. The number of carbonyl (C=O) groups excluding carboxylic acids is 1. The van der Waals surface area contributed by atoms with E-state index in [1.54, 1.807) is 0 Å². The van der Waals surface area contributed by atoms with Gasteiger partial charge in [-0.15, -0.1) is 34.0 Å². The Morgan fingerprint density at radius 2 is 1.76 bits per heavy atom. The maximum atomic E-state index is 10.3. The standard InChI is InChI=1S/C7H16N2.C7H13NO2.2BrH/c1-2-5-9-6-3-8-4-7-9;8-7(9)10-6-4-2-1-3-5-6;;/h8H,2-7H2,1H3;6H,1-5H2,(H2,8,9);2*1H. The van der Waals surface area contributed by atoms with Crippen LogP contribution in [0.25, 0.3) is 0 Å². The van der Waals surface area contributed by atoms with Gasteiger partial charge >= 0.3 is 6.09 Å². The molecule has 0 unspecified atom stereocenters. The molecular formula is C14H31Br2N3O2. The third-order valence-electron chi connectivity index (χ3n) is 3.58. The Morgan fingerprint density at radius 1 is 1.19 bits per heavy atom. The Balaban J connectivity index is 0. The predicted molar refractivity (Wildman–Crippen MR) is 97.8 cm³/mol. The monoisotopic (exact) mass is 431 g/mol. The molecule has 2 fully saturated rings. The third kappa shape index (κ3) is 12.4. The van der Waals surface area contributed by atoms with E-state index in [4.69, 9.17) is 10.5 Å². The molecule has 1 aliphatic heterocycles. The fraction of sp³-hybridized carbons (Fsp3) is 0.929.